The number of amides is 1. The first kappa shape index (κ1) is 24.0. The van der Waals surface area contributed by atoms with Crippen molar-refractivity contribution in [3.05, 3.63) is 103 Å². The number of nitrogens with one attached hydrogen (secondary N) is 1. The Bertz CT molecular complexity index is 1450. The maximum absolute atomic E-state index is 13.2. The molecule has 6 nitrogen and oxygen atoms in total. The Labute approximate surface area is 211 Å². The van der Waals surface area contributed by atoms with E-state index in [0.717, 1.165) is 22.1 Å². The van der Waals surface area contributed by atoms with Crippen molar-refractivity contribution in [1.29, 1.82) is 0 Å². The Hall–Kier alpha value is -3.68. The molecule has 0 aromatic heterocycles. The number of ether oxygens (including phenoxy) is 1. The van der Waals surface area contributed by atoms with Crippen molar-refractivity contribution in [3.8, 4) is 5.75 Å². The molecule has 0 bridgehead atoms. The lowest BCUT2D eigenvalue weighted by Gasteiger charge is -2.30. The first-order chi connectivity index (χ1) is 17.5. The van der Waals surface area contributed by atoms with Crippen LogP contribution in [0, 0.1) is 5.92 Å². The lowest BCUT2D eigenvalue weighted by molar-refractivity contribution is -0.120. The first-order valence-corrected chi connectivity index (χ1v) is 13.5. The molecule has 0 radical (unpaired) electrons. The predicted molar refractivity (Wildman–Crippen MR) is 141 cm³/mol. The lowest BCUT2D eigenvalue weighted by Crippen LogP contribution is -2.41. The second-order valence-corrected chi connectivity index (χ2v) is 10.9. The highest BCUT2D eigenvalue weighted by Gasteiger charge is 2.32. The number of carbonyl (C=O) groups excluding carboxylic acids is 1. The third-order valence-electron chi connectivity index (χ3n) is 6.55. The molecule has 5 rings (SSSR count). The van der Waals surface area contributed by atoms with Gasteiger partial charge in [0.2, 0.25) is 15.9 Å². The van der Waals surface area contributed by atoms with E-state index in [1.54, 1.807) is 12.1 Å². The third kappa shape index (κ3) is 5.42. The molecule has 4 aromatic rings. The molecule has 1 aliphatic heterocycles. The number of hydrogen-bond donors (Lipinski definition) is 1. The molecule has 0 aliphatic carbocycles. The Morgan fingerprint density at radius 1 is 0.833 bits per heavy atom. The van der Waals surface area contributed by atoms with Gasteiger partial charge >= 0.3 is 0 Å². The van der Waals surface area contributed by atoms with Crippen LogP contribution in [-0.4, -0.2) is 31.7 Å². The molecule has 1 saturated heterocycles. The van der Waals surface area contributed by atoms with Gasteiger partial charge in [0.1, 0.15) is 12.4 Å². The molecule has 1 N–H and O–H groups in total. The third-order valence-corrected chi connectivity index (χ3v) is 8.45. The molecule has 1 aliphatic rings. The average Bonchev–Trinajstić information content (AvgIpc) is 2.93. The van der Waals surface area contributed by atoms with Crippen LogP contribution in [0.2, 0.25) is 0 Å². The molecule has 0 atom stereocenters. The largest absolute Gasteiger partial charge is 0.489 e. The Balaban J connectivity index is 1.15. The second kappa shape index (κ2) is 10.5. The van der Waals surface area contributed by atoms with Gasteiger partial charge in [0.25, 0.3) is 0 Å². The number of piperidine rings is 1. The van der Waals surface area contributed by atoms with E-state index in [2.05, 4.69) is 5.32 Å². The van der Waals surface area contributed by atoms with Crippen LogP contribution >= 0.6 is 0 Å². The van der Waals surface area contributed by atoms with Crippen LogP contribution in [0.15, 0.2) is 102 Å². The summed E-state index contributed by atoms with van der Waals surface area (Å²) in [6.45, 7) is 1.12. The molecular formula is C29H28N2O4S. The Kier molecular flexibility index (Phi) is 7.02. The van der Waals surface area contributed by atoms with E-state index in [9.17, 15) is 13.2 Å². The van der Waals surface area contributed by atoms with Crippen LogP contribution < -0.4 is 10.1 Å². The SMILES string of the molecule is O=C(Nc1ccc(OCc2ccccc2)cc1)C1CCN(S(=O)(=O)c2ccc3ccccc3c2)CC1. The normalized spacial score (nSPS) is 15.0. The zero-order chi connectivity index (χ0) is 25.0. The van der Waals surface area contributed by atoms with Gasteiger partial charge in [0, 0.05) is 24.7 Å². The summed E-state index contributed by atoms with van der Waals surface area (Å²) in [7, 11) is -3.60. The monoisotopic (exact) mass is 500 g/mol. The minimum Gasteiger partial charge on any atom is -0.489 e. The van der Waals surface area contributed by atoms with E-state index in [0.29, 0.717) is 43.1 Å². The summed E-state index contributed by atoms with van der Waals surface area (Å²) in [5.74, 6) is 0.404. The van der Waals surface area contributed by atoms with Crippen LogP contribution in [0.4, 0.5) is 5.69 Å². The minimum absolute atomic E-state index is 0.0873. The van der Waals surface area contributed by atoms with E-state index in [4.69, 9.17) is 4.74 Å². The smallest absolute Gasteiger partial charge is 0.243 e. The Morgan fingerprint density at radius 3 is 2.22 bits per heavy atom. The molecule has 1 fully saturated rings. The number of anilines is 1. The zero-order valence-corrected chi connectivity index (χ0v) is 20.7. The van der Waals surface area contributed by atoms with Crippen molar-refractivity contribution in [2.45, 2.75) is 24.3 Å². The number of benzene rings is 4. The van der Waals surface area contributed by atoms with Gasteiger partial charge in [-0.1, -0.05) is 60.7 Å². The molecule has 1 heterocycles. The summed E-state index contributed by atoms with van der Waals surface area (Å²) in [6, 6.07) is 30.1. The fourth-order valence-corrected chi connectivity index (χ4v) is 5.96. The van der Waals surface area contributed by atoms with Crippen molar-refractivity contribution in [2.75, 3.05) is 18.4 Å². The number of nitrogens with zero attached hydrogens (tertiary/aromatic N) is 1. The van der Waals surface area contributed by atoms with E-state index in [1.165, 1.54) is 4.31 Å². The molecule has 7 heteroatoms. The van der Waals surface area contributed by atoms with Crippen molar-refractivity contribution < 1.29 is 17.9 Å². The van der Waals surface area contributed by atoms with Crippen molar-refractivity contribution in [3.63, 3.8) is 0 Å². The zero-order valence-electron chi connectivity index (χ0n) is 19.8. The van der Waals surface area contributed by atoms with Gasteiger partial charge in [-0.2, -0.15) is 4.31 Å². The highest BCUT2D eigenvalue weighted by atomic mass is 32.2. The maximum atomic E-state index is 13.2. The van der Waals surface area contributed by atoms with Gasteiger partial charge in [-0.05, 0) is 65.6 Å². The summed E-state index contributed by atoms with van der Waals surface area (Å²) in [4.78, 5) is 13.1. The number of fused-ring (bicyclic) bond motifs is 1. The fourth-order valence-electron chi connectivity index (χ4n) is 4.45. The highest BCUT2D eigenvalue weighted by Crippen LogP contribution is 2.27. The molecular weight excluding hydrogens is 472 g/mol. The van der Waals surface area contributed by atoms with Gasteiger partial charge in [-0.25, -0.2) is 8.42 Å². The van der Waals surface area contributed by atoms with Crippen molar-refractivity contribution >= 4 is 32.4 Å². The predicted octanol–water partition coefficient (Wildman–Crippen LogP) is 5.46. The number of sulfonamides is 1. The van der Waals surface area contributed by atoms with Gasteiger partial charge in [-0.15, -0.1) is 0 Å². The summed E-state index contributed by atoms with van der Waals surface area (Å²) in [5.41, 5.74) is 1.78. The summed E-state index contributed by atoms with van der Waals surface area (Å²) < 4.78 is 33.7. The summed E-state index contributed by atoms with van der Waals surface area (Å²) >= 11 is 0. The number of rotatable bonds is 7. The Morgan fingerprint density at radius 2 is 1.50 bits per heavy atom. The van der Waals surface area contributed by atoms with Gasteiger partial charge in [0.05, 0.1) is 4.90 Å². The molecule has 184 valence electrons. The van der Waals surface area contributed by atoms with E-state index in [-0.39, 0.29) is 11.8 Å². The minimum atomic E-state index is -3.60. The summed E-state index contributed by atoms with van der Waals surface area (Å²) in [6.07, 6.45) is 0.966. The van der Waals surface area contributed by atoms with E-state index in [1.807, 2.05) is 84.9 Å². The topological polar surface area (TPSA) is 75.7 Å². The fraction of sp³-hybridized carbons (Fsp3) is 0.207. The quantitative estimate of drug-likeness (QED) is 0.366. The second-order valence-electron chi connectivity index (χ2n) is 8.98. The number of hydrogen-bond acceptors (Lipinski definition) is 4. The molecule has 0 unspecified atom stereocenters. The molecule has 36 heavy (non-hydrogen) atoms. The molecule has 4 aromatic carbocycles. The van der Waals surface area contributed by atoms with Crippen LogP contribution in [0.1, 0.15) is 18.4 Å². The van der Waals surface area contributed by atoms with E-state index >= 15 is 0 Å². The molecule has 0 saturated carbocycles. The number of carbonyl (C=O) groups is 1. The van der Waals surface area contributed by atoms with Gasteiger partial charge in [0.15, 0.2) is 0 Å². The maximum Gasteiger partial charge on any atom is 0.243 e. The van der Waals surface area contributed by atoms with Crippen LogP contribution in [0.25, 0.3) is 10.8 Å². The molecule has 0 spiro atoms. The first-order valence-electron chi connectivity index (χ1n) is 12.1. The van der Waals surface area contributed by atoms with Crippen LogP contribution in [-0.2, 0) is 21.4 Å². The van der Waals surface area contributed by atoms with Crippen LogP contribution in [0.3, 0.4) is 0 Å². The van der Waals surface area contributed by atoms with Crippen molar-refractivity contribution in [1.82, 2.24) is 4.31 Å². The van der Waals surface area contributed by atoms with E-state index < -0.39 is 10.0 Å². The lowest BCUT2D eigenvalue weighted by atomic mass is 9.97. The van der Waals surface area contributed by atoms with Crippen LogP contribution in [0.5, 0.6) is 5.75 Å². The average molecular weight is 501 g/mol. The standard InChI is InChI=1S/C29H28N2O4S/c32-29(30-26-11-13-27(14-12-26)35-21-22-6-2-1-3-7-22)24-16-18-31(19-17-24)36(33,34)28-15-10-23-8-4-5-9-25(23)20-28/h1-15,20,24H,16-19,21H2,(H,30,32). The molecule has 1 amide bonds. The summed E-state index contributed by atoms with van der Waals surface area (Å²) in [5, 5.41) is 4.85. The highest BCUT2D eigenvalue weighted by molar-refractivity contribution is 7.89. The van der Waals surface area contributed by atoms with Gasteiger partial charge in [-0.3, -0.25) is 4.79 Å². The van der Waals surface area contributed by atoms with Gasteiger partial charge < -0.3 is 10.1 Å². The van der Waals surface area contributed by atoms with Crippen molar-refractivity contribution in [2.24, 2.45) is 5.92 Å².